The molecule has 1 saturated heterocycles. The van der Waals surface area contributed by atoms with Crippen LogP contribution in [0.15, 0.2) is 24.4 Å². The van der Waals surface area contributed by atoms with Gasteiger partial charge >= 0.3 is 0 Å². The van der Waals surface area contributed by atoms with E-state index in [1.165, 1.54) is 12.8 Å². The van der Waals surface area contributed by atoms with Gasteiger partial charge in [-0.2, -0.15) is 0 Å². The highest BCUT2D eigenvalue weighted by molar-refractivity contribution is 6.32. The highest BCUT2D eigenvalue weighted by Crippen LogP contribution is 2.29. The summed E-state index contributed by atoms with van der Waals surface area (Å²) in [5.41, 5.74) is 2.29. The number of carbonyl (C=O) groups is 1. The number of amides is 1. The van der Waals surface area contributed by atoms with Crippen LogP contribution in [0.3, 0.4) is 0 Å². The second-order valence-corrected chi connectivity index (χ2v) is 6.15. The minimum Gasteiger partial charge on any atom is -0.372 e. The number of nitrogens with one attached hydrogen (secondary N) is 2. The van der Waals surface area contributed by atoms with Crippen LogP contribution < -0.4 is 15.5 Å². The maximum absolute atomic E-state index is 12.3. The first kappa shape index (κ1) is 16.5. The van der Waals surface area contributed by atoms with E-state index in [1.807, 2.05) is 18.2 Å². The number of aromatic nitrogens is 2. The average Bonchev–Trinajstić information content (AvgIpc) is 3.12. The van der Waals surface area contributed by atoms with Crippen molar-refractivity contribution in [2.24, 2.45) is 0 Å². The zero-order chi connectivity index (χ0) is 17.1. The SMILES string of the molecule is CNC(=O)c1cc(N2CCCC2)ccc1Nc1nc(C)ncc1Cl. The number of hydrogen-bond acceptors (Lipinski definition) is 5. The summed E-state index contributed by atoms with van der Waals surface area (Å²) in [7, 11) is 1.62. The standard InChI is InChI=1S/C17H20ClN5O/c1-11-20-10-14(18)16(21-11)22-15-6-5-12(23-7-3-4-8-23)9-13(15)17(24)19-2/h5-6,9-10H,3-4,7-8H2,1-2H3,(H,19,24)(H,20,21,22). The Bertz CT molecular complexity index is 759. The van der Waals surface area contributed by atoms with Gasteiger partial charge in [-0.05, 0) is 38.0 Å². The van der Waals surface area contributed by atoms with E-state index in [9.17, 15) is 4.79 Å². The zero-order valence-electron chi connectivity index (χ0n) is 13.8. The summed E-state index contributed by atoms with van der Waals surface area (Å²) in [5, 5.41) is 6.25. The smallest absolute Gasteiger partial charge is 0.253 e. The number of hydrogen-bond donors (Lipinski definition) is 2. The van der Waals surface area contributed by atoms with Gasteiger partial charge in [-0.3, -0.25) is 4.79 Å². The summed E-state index contributed by atoms with van der Waals surface area (Å²) in [6.07, 6.45) is 3.92. The van der Waals surface area contributed by atoms with E-state index >= 15 is 0 Å². The molecule has 0 spiro atoms. The van der Waals surface area contributed by atoms with Crippen LogP contribution in [-0.4, -0.2) is 36.0 Å². The van der Waals surface area contributed by atoms with E-state index < -0.39 is 0 Å². The Kier molecular flexibility index (Phi) is 4.85. The number of halogens is 1. The van der Waals surface area contributed by atoms with Crippen molar-refractivity contribution in [2.75, 3.05) is 30.4 Å². The Hall–Kier alpha value is -2.34. The summed E-state index contributed by atoms with van der Waals surface area (Å²) in [5.74, 6) is 0.945. The summed E-state index contributed by atoms with van der Waals surface area (Å²) < 4.78 is 0. The molecule has 1 aliphatic heterocycles. The number of benzene rings is 1. The molecule has 2 aromatic rings. The Balaban J connectivity index is 1.96. The molecular weight excluding hydrogens is 326 g/mol. The second-order valence-electron chi connectivity index (χ2n) is 5.74. The fraction of sp³-hybridized carbons (Fsp3) is 0.353. The lowest BCUT2D eigenvalue weighted by Crippen LogP contribution is -2.22. The lowest BCUT2D eigenvalue weighted by atomic mass is 10.1. The molecule has 1 aromatic heterocycles. The minimum absolute atomic E-state index is 0.152. The summed E-state index contributed by atoms with van der Waals surface area (Å²) in [4.78, 5) is 22.9. The van der Waals surface area contributed by atoms with Crippen molar-refractivity contribution in [1.82, 2.24) is 15.3 Å². The molecule has 1 amide bonds. The Morgan fingerprint density at radius 2 is 2.04 bits per heavy atom. The Morgan fingerprint density at radius 3 is 2.75 bits per heavy atom. The molecule has 0 radical (unpaired) electrons. The first-order chi connectivity index (χ1) is 11.6. The highest BCUT2D eigenvalue weighted by Gasteiger charge is 2.17. The molecule has 2 N–H and O–H groups in total. The lowest BCUT2D eigenvalue weighted by molar-refractivity contribution is 0.0964. The van der Waals surface area contributed by atoms with Gasteiger partial charge in [-0.1, -0.05) is 11.6 Å². The zero-order valence-corrected chi connectivity index (χ0v) is 14.5. The fourth-order valence-corrected chi connectivity index (χ4v) is 2.94. The van der Waals surface area contributed by atoms with Crippen LogP contribution in [0.2, 0.25) is 5.02 Å². The van der Waals surface area contributed by atoms with Gasteiger partial charge in [0.05, 0.1) is 17.4 Å². The summed E-state index contributed by atoms with van der Waals surface area (Å²) in [6, 6.07) is 5.82. The van der Waals surface area contributed by atoms with E-state index in [2.05, 4.69) is 25.5 Å². The van der Waals surface area contributed by atoms with Gasteiger partial charge in [0.15, 0.2) is 5.82 Å². The quantitative estimate of drug-likeness (QED) is 0.890. The van der Waals surface area contributed by atoms with Gasteiger partial charge in [0.25, 0.3) is 5.91 Å². The van der Waals surface area contributed by atoms with Gasteiger partial charge in [0.2, 0.25) is 0 Å². The molecule has 1 fully saturated rings. The Morgan fingerprint density at radius 1 is 1.29 bits per heavy atom. The van der Waals surface area contributed by atoms with Crippen molar-refractivity contribution >= 4 is 34.7 Å². The van der Waals surface area contributed by atoms with Gasteiger partial charge < -0.3 is 15.5 Å². The second kappa shape index (κ2) is 7.05. The van der Waals surface area contributed by atoms with Crippen molar-refractivity contribution in [3.63, 3.8) is 0 Å². The van der Waals surface area contributed by atoms with Crippen molar-refractivity contribution in [1.29, 1.82) is 0 Å². The summed E-state index contributed by atoms with van der Waals surface area (Å²) in [6.45, 7) is 3.84. The fourth-order valence-electron chi connectivity index (χ4n) is 2.81. The molecule has 0 bridgehead atoms. The summed E-state index contributed by atoms with van der Waals surface area (Å²) >= 11 is 6.15. The highest BCUT2D eigenvalue weighted by atomic mass is 35.5. The third kappa shape index (κ3) is 3.43. The molecule has 0 saturated carbocycles. The van der Waals surface area contributed by atoms with Crippen LogP contribution in [0.4, 0.5) is 17.2 Å². The van der Waals surface area contributed by atoms with E-state index in [0.29, 0.717) is 27.9 Å². The van der Waals surface area contributed by atoms with E-state index in [0.717, 1.165) is 18.8 Å². The van der Waals surface area contributed by atoms with Crippen LogP contribution in [0.25, 0.3) is 0 Å². The van der Waals surface area contributed by atoms with Crippen LogP contribution in [0.1, 0.15) is 29.0 Å². The average molecular weight is 346 g/mol. The van der Waals surface area contributed by atoms with E-state index in [1.54, 1.807) is 20.2 Å². The molecule has 6 nitrogen and oxygen atoms in total. The first-order valence-electron chi connectivity index (χ1n) is 7.95. The molecule has 0 unspecified atom stereocenters. The maximum Gasteiger partial charge on any atom is 0.253 e. The predicted octanol–water partition coefficient (Wildman–Crippen LogP) is 3.14. The largest absolute Gasteiger partial charge is 0.372 e. The predicted molar refractivity (Wildman–Crippen MR) is 96.3 cm³/mol. The third-order valence-corrected chi connectivity index (χ3v) is 4.34. The molecule has 7 heteroatoms. The number of nitrogens with zero attached hydrogens (tertiary/aromatic N) is 3. The molecule has 3 rings (SSSR count). The van der Waals surface area contributed by atoms with Crippen molar-refractivity contribution in [3.05, 3.63) is 40.8 Å². The number of carbonyl (C=O) groups excluding carboxylic acids is 1. The number of aryl methyl sites for hydroxylation is 1. The maximum atomic E-state index is 12.3. The molecular formula is C17H20ClN5O. The molecule has 2 heterocycles. The molecule has 0 atom stereocenters. The van der Waals surface area contributed by atoms with E-state index in [4.69, 9.17) is 11.6 Å². The van der Waals surface area contributed by atoms with Gasteiger partial charge in [-0.15, -0.1) is 0 Å². The first-order valence-corrected chi connectivity index (χ1v) is 8.33. The third-order valence-electron chi connectivity index (χ3n) is 4.06. The minimum atomic E-state index is -0.152. The Labute approximate surface area is 146 Å². The van der Waals surface area contributed by atoms with Crippen LogP contribution in [0, 0.1) is 6.92 Å². The van der Waals surface area contributed by atoms with Crippen molar-refractivity contribution < 1.29 is 4.79 Å². The lowest BCUT2D eigenvalue weighted by Gasteiger charge is -2.20. The molecule has 24 heavy (non-hydrogen) atoms. The molecule has 126 valence electrons. The molecule has 1 aliphatic rings. The van der Waals surface area contributed by atoms with Crippen LogP contribution in [-0.2, 0) is 0 Å². The number of rotatable bonds is 4. The monoisotopic (exact) mass is 345 g/mol. The molecule has 1 aromatic carbocycles. The topological polar surface area (TPSA) is 70.2 Å². The normalized spacial score (nSPS) is 13.9. The van der Waals surface area contributed by atoms with Crippen LogP contribution in [0.5, 0.6) is 0 Å². The number of anilines is 3. The van der Waals surface area contributed by atoms with Gasteiger partial charge in [0, 0.05) is 25.8 Å². The van der Waals surface area contributed by atoms with Crippen molar-refractivity contribution in [3.8, 4) is 0 Å². The molecule has 0 aliphatic carbocycles. The van der Waals surface area contributed by atoms with Gasteiger partial charge in [-0.25, -0.2) is 9.97 Å². The van der Waals surface area contributed by atoms with Crippen molar-refractivity contribution in [2.45, 2.75) is 19.8 Å². The van der Waals surface area contributed by atoms with Gasteiger partial charge in [0.1, 0.15) is 10.8 Å². The van der Waals surface area contributed by atoms with Crippen LogP contribution >= 0.6 is 11.6 Å². The van der Waals surface area contributed by atoms with E-state index in [-0.39, 0.29) is 5.91 Å².